The number of ketones is 1. The first kappa shape index (κ1) is 10.6. The van der Waals surface area contributed by atoms with Crippen LogP contribution in [0.1, 0.15) is 53.0 Å². The van der Waals surface area contributed by atoms with E-state index in [0.29, 0.717) is 12.1 Å². The zero-order valence-electron chi connectivity index (χ0n) is 8.95. The first-order valence-corrected chi connectivity index (χ1v) is 6.32. The third-order valence-corrected chi connectivity index (χ3v) is 3.61. The number of carbonyl (C=O) groups is 1. The minimum absolute atomic E-state index is 0.172. The molecular weight excluding hydrogens is 206 g/mol. The molecule has 1 aromatic rings. The van der Waals surface area contributed by atoms with Crippen molar-refractivity contribution in [2.45, 2.75) is 39.0 Å². The summed E-state index contributed by atoms with van der Waals surface area (Å²) in [5, 5.41) is 1.12. The number of Topliss-reactive ketones (excluding diaryl/α,β-unsaturated/α-hetero) is 1. The molecule has 0 aliphatic heterocycles. The Bertz CT molecular complexity index is 392. The summed E-state index contributed by atoms with van der Waals surface area (Å²) >= 11 is 1.67. The molecule has 0 fully saturated rings. The van der Waals surface area contributed by atoms with Gasteiger partial charge >= 0.3 is 0 Å². The summed E-state index contributed by atoms with van der Waals surface area (Å²) in [5.74, 6) is 0.172. The van der Waals surface area contributed by atoms with Crippen molar-refractivity contribution < 1.29 is 4.79 Å². The van der Waals surface area contributed by atoms with Crippen molar-refractivity contribution in [3.8, 4) is 0 Å². The van der Waals surface area contributed by atoms with Gasteiger partial charge < -0.3 is 0 Å². The molecule has 0 N–H and O–H groups in total. The Balaban J connectivity index is 2.09. The molecule has 0 unspecified atom stereocenters. The molecule has 1 aliphatic carbocycles. The molecule has 0 aromatic carbocycles. The van der Waals surface area contributed by atoms with Crippen LogP contribution in [0.3, 0.4) is 0 Å². The topological polar surface area (TPSA) is 30.0 Å². The minimum atomic E-state index is 0.172. The van der Waals surface area contributed by atoms with E-state index in [9.17, 15) is 4.79 Å². The summed E-state index contributed by atoms with van der Waals surface area (Å²) < 4.78 is 0. The molecule has 0 saturated carbocycles. The monoisotopic (exact) mass is 221 g/mol. The van der Waals surface area contributed by atoms with E-state index in [1.807, 2.05) is 12.2 Å². The van der Waals surface area contributed by atoms with Gasteiger partial charge in [0.05, 0.1) is 9.88 Å². The maximum absolute atomic E-state index is 11.5. The zero-order chi connectivity index (χ0) is 10.7. The van der Waals surface area contributed by atoms with Crippen LogP contribution in [0.2, 0.25) is 0 Å². The maximum Gasteiger partial charge on any atom is 0.186 e. The van der Waals surface area contributed by atoms with Crippen molar-refractivity contribution >= 4 is 23.2 Å². The highest BCUT2D eigenvalue weighted by Gasteiger charge is 2.18. The van der Waals surface area contributed by atoms with Gasteiger partial charge in [-0.15, -0.1) is 11.3 Å². The Morgan fingerprint density at radius 3 is 3.07 bits per heavy atom. The van der Waals surface area contributed by atoms with Crippen molar-refractivity contribution in [1.82, 2.24) is 4.98 Å². The summed E-state index contributed by atoms with van der Waals surface area (Å²) in [6.07, 6.45) is 9.15. The number of nitrogens with zero attached hydrogens (tertiary/aromatic N) is 1. The SMILES string of the molecule is CCCCCc1nc2c(s1)C=CCC2=O. The summed E-state index contributed by atoms with van der Waals surface area (Å²) in [4.78, 5) is 17.0. The molecular formula is C12H15NOS. The molecule has 2 nitrogen and oxygen atoms in total. The number of aryl methyl sites for hydroxylation is 1. The minimum Gasteiger partial charge on any atom is -0.292 e. The standard InChI is InChI=1S/C12H15NOS/c1-2-3-4-8-11-13-12-9(14)6-5-7-10(12)15-11/h5,7H,2-4,6,8H2,1H3. The second-order valence-corrected chi connectivity index (χ2v) is 4.92. The van der Waals surface area contributed by atoms with Crippen molar-refractivity contribution in [2.75, 3.05) is 0 Å². The number of hydrogen-bond acceptors (Lipinski definition) is 3. The fourth-order valence-electron chi connectivity index (χ4n) is 1.69. The van der Waals surface area contributed by atoms with Gasteiger partial charge in [-0.3, -0.25) is 4.79 Å². The molecule has 0 radical (unpaired) electrons. The largest absolute Gasteiger partial charge is 0.292 e. The van der Waals surface area contributed by atoms with Crippen LogP contribution in [-0.2, 0) is 6.42 Å². The Labute approximate surface area is 94.0 Å². The molecule has 1 heterocycles. The van der Waals surface area contributed by atoms with Crippen LogP contribution in [0.4, 0.5) is 0 Å². The molecule has 0 saturated heterocycles. The highest BCUT2D eigenvalue weighted by atomic mass is 32.1. The van der Waals surface area contributed by atoms with Crippen molar-refractivity contribution in [1.29, 1.82) is 0 Å². The van der Waals surface area contributed by atoms with Gasteiger partial charge in [-0.05, 0) is 18.9 Å². The quantitative estimate of drug-likeness (QED) is 0.729. The Kier molecular flexibility index (Phi) is 3.31. The molecule has 0 atom stereocenters. The Hall–Kier alpha value is -0.960. The number of aromatic nitrogens is 1. The molecule has 1 aromatic heterocycles. The van der Waals surface area contributed by atoms with E-state index in [4.69, 9.17) is 0 Å². The molecule has 0 spiro atoms. The Morgan fingerprint density at radius 2 is 2.33 bits per heavy atom. The highest BCUT2D eigenvalue weighted by molar-refractivity contribution is 7.12. The fourth-order valence-corrected chi connectivity index (χ4v) is 2.75. The fraction of sp³-hybridized carbons (Fsp3) is 0.500. The summed E-state index contributed by atoms with van der Waals surface area (Å²) in [7, 11) is 0. The average Bonchev–Trinajstić information content (AvgIpc) is 2.63. The summed E-state index contributed by atoms with van der Waals surface area (Å²) in [5.41, 5.74) is 0.703. The van der Waals surface area contributed by atoms with Gasteiger partial charge in [0, 0.05) is 6.42 Å². The highest BCUT2D eigenvalue weighted by Crippen LogP contribution is 2.26. The molecule has 15 heavy (non-hydrogen) atoms. The first-order valence-electron chi connectivity index (χ1n) is 5.50. The number of allylic oxidation sites excluding steroid dienone is 1. The predicted octanol–water partition coefficient (Wildman–Crippen LogP) is 3.48. The van der Waals surface area contributed by atoms with Gasteiger partial charge in [-0.2, -0.15) is 0 Å². The summed E-state index contributed by atoms with van der Waals surface area (Å²) in [6, 6.07) is 0. The lowest BCUT2D eigenvalue weighted by Gasteiger charge is -1.99. The molecule has 0 bridgehead atoms. The van der Waals surface area contributed by atoms with Crippen LogP contribution in [0.25, 0.3) is 6.08 Å². The lowest BCUT2D eigenvalue weighted by atomic mass is 10.1. The zero-order valence-corrected chi connectivity index (χ0v) is 9.77. The van der Waals surface area contributed by atoms with Crippen molar-refractivity contribution in [2.24, 2.45) is 0 Å². The molecule has 80 valence electrons. The number of unbranched alkanes of at least 4 members (excludes halogenated alkanes) is 2. The van der Waals surface area contributed by atoms with Gasteiger partial charge in [-0.1, -0.05) is 25.8 Å². The van der Waals surface area contributed by atoms with Crippen LogP contribution >= 0.6 is 11.3 Å². The third kappa shape index (κ3) is 2.34. The van der Waals surface area contributed by atoms with E-state index in [2.05, 4.69) is 11.9 Å². The van der Waals surface area contributed by atoms with E-state index >= 15 is 0 Å². The van der Waals surface area contributed by atoms with Gasteiger partial charge in [0.2, 0.25) is 0 Å². The first-order chi connectivity index (χ1) is 7.31. The third-order valence-electron chi connectivity index (χ3n) is 2.53. The molecule has 0 amide bonds. The Morgan fingerprint density at radius 1 is 1.47 bits per heavy atom. The van der Waals surface area contributed by atoms with Crippen LogP contribution in [-0.4, -0.2) is 10.8 Å². The van der Waals surface area contributed by atoms with Gasteiger partial charge in [-0.25, -0.2) is 4.98 Å². The lowest BCUT2D eigenvalue weighted by molar-refractivity contribution is 0.0990. The smallest absolute Gasteiger partial charge is 0.186 e. The van der Waals surface area contributed by atoms with E-state index in [0.717, 1.165) is 16.3 Å². The van der Waals surface area contributed by atoms with Crippen LogP contribution in [0.5, 0.6) is 0 Å². The lowest BCUT2D eigenvalue weighted by Crippen LogP contribution is -2.03. The van der Waals surface area contributed by atoms with Crippen molar-refractivity contribution in [3.05, 3.63) is 21.7 Å². The second kappa shape index (κ2) is 4.71. The second-order valence-electron chi connectivity index (χ2n) is 3.81. The van der Waals surface area contributed by atoms with Gasteiger partial charge in [0.25, 0.3) is 0 Å². The van der Waals surface area contributed by atoms with Gasteiger partial charge in [0.15, 0.2) is 5.78 Å². The number of hydrogen-bond donors (Lipinski definition) is 0. The van der Waals surface area contributed by atoms with E-state index in [-0.39, 0.29) is 5.78 Å². The molecule has 1 aliphatic rings. The number of rotatable bonds is 4. The van der Waals surface area contributed by atoms with E-state index in [1.165, 1.54) is 19.3 Å². The van der Waals surface area contributed by atoms with Crippen LogP contribution in [0.15, 0.2) is 6.08 Å². The number of carbonyl (C=O) groups excluding carboxylic acids is 1. The van der Waals surface area contributed by atoms with Crippen LogP contribution < -0.4 is 0 Å². The normalized spacial score (nSPS) is 14.3. The number of fused-ring (bicyclic) bond motifs is 1. The van der Waals surface area contributed by atoms with Crippen LogP contribution in [0, 0.1) is 0 Å². The average molecular weight is 221 g/mol. The number of thiazole rings is 1. The van der Waals surface area contributed by atoms with Gasteiger partial charge in [0.1, 0.15) is 5.69 Å². The summed E-state index contributed by atoms with van der Waals surface area (Å²) in [6.45, 7) is 2.19. The van der Waals surface area contributed by atoms with E-state index in [1.54, 1.807) is 11.3 Å². The maximum atomic E-state index is 11.5. The van der Waals surface area contributed by atoms with Crippen molar-refractivity contribution in [3.63, 3.8) is 0 Å². The molecule has 2 rings (SSSR count). The van der Waals surface area contributed by atoms with E-state index < -0.39 is 0 Å². The predicted molar refractivity (Wildman–Crippen MR) is 63.3 cm³/mol. The molecule has 3 heteroatoms.